The highest BCUT2D eigenvalue weighted by atomic mass is 32.1. The molecule has 3 heterocycles. The Morgan fingerprint density at radius 2 is 1.56 bits per heavy atom. The molecule has 0 bridgehead atoms. The zero-order chi connectivity index (χ0) is 35.9. The molecule has 1 aromatic heterocycles. The summed E-state index contributed by atoms with van der Waals surface area (Å²) >= 11 is 1.62. The van der Waals surface area contributed by atoms with Gasteiger partial charge in [0.2, 0.25) is 0 Å². The van der Waals surface area contributed by atoms with E-state index in [4.69, 9.17) is 13.6 Å². The Kier molecular flexibility index (Phi) is 15.3. The van der Waals surface area contributed by atoms with Crippen molar-refractivity contribution in [3.05, 3.63) is 21.7 Å². The van der Waals surface area contributed by atoms with Crippen molar-refractivity contribution in [2.75, 3.05) is 0 Å². The second-order valence-electron chi connectivity index (χ2n) is 15.4. The Morgan fingerprint density at radius 1 is 0.979 bits per heavy atom. The molecule has 10 heteroatoms. The van der Waals surface area contributed by atoms with Crippen LogP contribution in [0.5, 0.6) is 0 Å². The van der Waals surface area contributed by atoms with Gasteiger partial charge in [0, 0.05) is 35.2 Å². The minimum absolute atomic E-state index is 0.0555. The number of carbonyl (C=O) groups is 2. The van der Waals surface area contributed by atoms with Crippen molar-refractivity contribution in [3.8, 4) is 0 Å². The predicted molar refractivity (Wildman–Crippen MR) is 205 cm³/mol. The third-order valence-corrected chi connectivity index (χ3v) is 22.2. The smallest absolute Gasteiger partial charge is 0.309 e. The van der Waals surface area contributed by atoms with Crippen LogP contribution in [0.1, 0.15) is 119 Å². The highest BCUT2D eigenvalue weighted by Gasteiger charge is 2.49. The van der Waals surface area contributed by atoms with Crippen molar-refractivity contribution < 1.29 is 23.2 Å². The van der Waals surface area contributed by atoms with Crippen LogP contribution in [0.15, 0.2) is 11.0 Å². The Bertz CT molecular complexity index is 1210. The van der Waals surface area contributed by atoms with Gasteiger partial charge in [-0.05, 0) is 80.5 Å². The molecule has 1 unspecified atom stereocenters. The number of aryl methyl sites for hydroxylation is 1. The Labute approximate surface area is 299 Å². The molecule has 2 aliphatic heterocycles. The standard InChI is InChI=1S/C38H68N2O5SSi2/c1-13-47(14-2,15-3)44-34-24-35(41)43-33(27(8)22-30-25-46-29(10)39-30)23-32-31(40-32)21-19-20-26(7)36(28(9)37(42)38(34,11)12)45-48(16-4,17-5)18-6/h22,25-26,28,31-34,36,40H,13-21,23-24H2,1-12H3/t26-,28+,31+,32?,33-,34-,36-/m0/s1. The number of hydrogen-bond donors (Lipinski definition) is 1. The zero-order valence-electron chi connectivity index (χ0n) is 32.4. The summed E-state index contributed by atoms with van der Waals surface area (Å²) in [5, 5.41) is 6.74. The summed E-state index contributed by atoms with van der Waals surface area (Å²) in [6, 6.07) is 6.70. The van der Waals surface area contributed by atoms with E-state index in [2.05, 4.69) is 71.8 Å². The van der Waals surface area contributed by atoms with E-state index in [1.807, 2.05) is 33.1 Å². The van der Waals surface area contributed by atoms with Gasteiger partial charge >= 0.3 is 5.97 Å². The summed E-state index contributed by atoms with van der Waals surface area (Å²) in [6.07, 6.45) is 4.90. The van der Waals surface area contributed by atoms with Gasteiger partial charge in [-0.3, -0.25) is 9.59 Å². The molecule has 48 heavy (non-hydrogen) atoms. The van der Waals surface area contributed by atoms with Gasteiger partial charge in [0.15, 0.2) is 16.6 Å². The molecule has 7 nitrogen and oxygen atoms in total. The molecule has 0 amide bonds. The van der Waals surface area contributed by atoms with Crippen molar-refractivity contribution in [1.82, 2.24) is 10.3 Å². The van der Waals surface area contributed by atoms with E-state index in [1.165, 1.54) is 0 Å². The number of fused-ring (bicyclic) bond motifs is 1. The molecule has 1 N–H and O–H groups in total. The molecule has 1 aromatic rings. The highest BCUT2D eigenvalue weighted by Crippen LogP contribution is 2.40. The van der Waals surface area contributed by atoms with Gasteiger partial charge in [-0.2, -0.15) is 0 Å². The number of thiazole rings is 1. The number of nitrogens with zero attached hydrogens (tertiary/aromatic N) is 1. The van der Waals surface area contributed by atoms with E-state index in [1.54, 1.807) is 11.3 Å². The maximum Gasteiger partial charge on any atom is 0.309 e. The van der Waals surface area contributed by atoms with Gasteiger partial charge in [0.25, 0.3) is 0 Å². The van der Waals surface area contributed by atoms with Crippen LogP contribution in [0.3, 0.4) is 0 Å². The lowest BCUT2D eigenvalue weighted by molar-refractivity contribution is -0.153. The van der Waals surface area contributed by atoms with Crippen molar-refractivity contribution in [3.63, 3.8) is 0 Å². The maximum absolute atomic E-state index is 14.9. The van der Waals surface area contributed by atoms with E-state index in [9.17, 15) is 9.59 Å². The molecule has 0 aliphatic carbocycles. The van der Waals surface area contributed by atoms with E-state index >= 15 is 0 Å². The first kappa shape index (κ1) is 41.2. The van der Waals surface area contributed by atoms with Crippen molar-refractivity contribution in [2.45, 2.75) is 182 Å². The third-order valence-electron chi connectivity index (χ3n) is 12.1. The minimum Gasteiger partial charge on any atom is -0.458 e. The summed E-state index contributed by atoms with van der Waals surface area (Å²) in [7, 11) is -4.18. The quantitative estimate of drug-likeness (QED) is 0.130. The van der Waals surface area contributed by atoms with Gasteiger partial charge in [-0.25, -0.2) is 4.98 Å². The molecule has 0 spiro atoms. The Balaban J connectivity index is 2.05. The number of rotatable bonds is 12. The molecule has 0 aromatic carbocycles. The monoisotopic (exact) mass is 720 g/mol. The van der Waals surface area contributed by atoms with Gasteiger partial charge in [-0.1, -0.05) is 75.7 Å². The number of hydrogen-bond acceptors (Lipinski definition) is 8. The number of Topliss-reactive ketones (excluding diaryl/α,β-unsaturated/α-hetero) is 1. The molecule has 2 aliphatic rings. The largest absolute Gasteiger partial charge is 0.458 e. The highest BCUT2D eigenvalue weighted by molar-refractivity contribution is 7.09. The molecular formula is C38H68N2O5SSi2. The van der Waals surface area contributed by atoms with Crippen LogP contribution < -0.4 is 5.32 Å². The fourth-order valence-electron chi connectivity index (χ4n) is 7.89. The van der Waals surface area contributed by atoms with Crippen LogP contribution >= 0.6 is 11.3 Å². The first-order chi connectivity index (χ1) is 22.6. The lowest BCUT2D eigenvalue weighted by atomic mass is 9.73. The van der Waals surface area contributed by atoms with Gasteiger partial charge in [-0.15, -0.1) is 11.3 Å². The van der Waals surface area contributed by atoms with Crippen molar-refractivity contribution in [2.24, 2.45) is 17.3 Å². The Morgan fingerprint density at radius 3 is 2.10 bits per heavy atom. The van der Waals surface area contributed by atoms with E-state index in [-0.39, 0.29) is 42.2 Å². The lowest BCUT2D eigenvalue weighted by Crippen LogP contribution is -2.53. The average Bonchev–Trinajstić information content (AvgIpc) is 3.68. The predicted octanol–water partition coefficient (Wildman–Crippen LogP) is 9.72. The second kappa shape index (κ2) is 17.8. The van der Waals surface area contributed by atoms with Crippen LogP contribution in [-0.4, -0.2) is 63.8 Å². The van der Waals surface area contributed by atoms with Crippen LogP contribution in [0, 0.1) is 24.2 Å². The molecular weight excluding hydrogens is 653 g/mol. The number of aromatic nitrogens is 1. The fourth-order valence-corrected chi connectivity index (χ4v) is 14.5. The van der Waals surface area contributed by atoms with Crippen molar-refractivity contribution >= 4 is 45.8 Å². The number of ketones is 1. The van der Waals surface area contributed by atoms with Gasteiger partial charge in [0.1, 0.15) is 11.9 Å². The molecule has 2 saturated heterocycles. The average molecular weight is 721 g/mol. The van der Waals surface area contributed by atoms with E-state index in [0.29, 0.717) is 12.1 Å². The summed E-state index contributed by atoms with van der Waals surface area (Å²) < 4.78 is 20.7. The summed E-state index contributed by atoms with van der Waals surface area (Å²) in [6.45, 7) is 25.8. The molecule has 0 saturated carbocycles. The summed E-state index contributed by atoms with van der Waals surface area (Å²) in [5.74, 6) is -0.224. The lowest BCUT2D eigenvalue weighted by Gasteiger charge is -2.44. The topological polar surface area (TPSA) is 96.7 Å². The molecule has 7 atom stereocenters. The molecule has 2 fully saturated rings. The summed E-state index contributed by atoms with van der Waals surface area (Å²) in [4.78, 5) is 33.5. The van der Waals surface area contributed by atoms with E-state index < -0.39 is 28.2 Å². The van der Waals surface area contributed by atoms with E-state index in [0.717, 1.165) is 78.2 Å². The zero-order valence-corrected chi connectivity index (χ0v) is 35.2. The van der Waals surface area contributed by atoms with Crippen LogP contribution in [-0.2, 0) is 23.2 Å². The number of nitrogens with one attached hydrogen (secondary N) is 1. The molecule has 3 rings (SSSR count). The third kappa shape index (κ3) is 10.2. The Hall–Kier alpha value is -1.18. The number of ether oxygens (including phenoxy) is 1. The van der Waals surface area contributed by atoms with Crippen LogP contribution in [0.2, 0.25) is 36.3 Å². The first-order valence-electron chi connectivity index (χ1n) is 19.1. The minimum atomic E-state index is -2.19. The first-order valence-corrected chi connectivity index (χ1v) is 25.0. The molecule has 0 radical (unpaired) electrons. The SMILES string of the molecule is CC[Si](CC)(CC)O[C@H]1[C@@H](C)CCC[C@H]2NC2C[C@@H](C(C)=Cc2csc(C)n2)OC(=O)C[C@H](O[Si](CC)(CC)CC)C(C)(C)C(=O)[C@@H]1C. The normalized spacial score (nSPS) is 29.8. The van der Waals surface area contributed by atoms with Gasteiger partial charge in [0.05, 0.1) is 29.3 Å². The van der Waals surface area contributed by atoms with Crippen LogP contribution in [0.25, 0.3) is 6.08 Å². The number of esters is 1. The number of carbonyl (C=O) groups excluding carboxylic acids is 2. The van der Waals surface area contributed by atoms with Crippen LogP contribution in [0.4, 0.5) is 0 Å². The summed E-state index contributed by atoms with van der Waals surface area (Å²) in [5.41, 5.74) is 0.995. The van der Waals surface area contributed by atoms with Gasteiger partial charge < -0.3 is 18.9 Å². The second-order valence-corrected chi connectivity index (χ2v) is 25.9. The maximum atomic E-state index is 14.9. The molecule has 274 valence electrons. The number of cyclic esters (lactones) is 1. The van der Waals surface area contributed by atoms with Crippen molar-refractivity contribution in [1.29, 1.82) is 0 Å². The fraction of sp³-hybridized carbons (Fsp3) is 0.816.